The first-order chi connectivity index (χ1) is 33.2. The average molecular weight is 854 g/mol. The lowest BCUT2D eigenvalue weighted by molar-refractivity contribution is 1.28. The van der Waals surface area contributed by atoms with E-state index in [1.54, 1.807) is 0 Å². The van der Waals surface area contributed by atoms with Crippen LogP contribution < -0.4 is 4.90 Å². The van der Waals surface area contributed by atoms with Crippen molar-refractivity contribution in [3.63, 3.8) is 0 Å². The summed E-state index contributed by atoms with van der Waals surface area (Å²) in [4.78, 5) is 2.37. The average Bonchev–Trinajstić information content (AvgIpc) is 3.42. The fraction of sp³-hybridized carbons (Fsp3) is 0. The maximum Gasteiger partial charge on any atom is 0.0462 e. The van der Waals surface area contributed by atoms with Gasteiger partial charge >= 0.3 is 0 Å². The molecule has 0 N–H and O–H groups in total. The van der Waals surface area contributed by atoms with E-state index in [0.717, 1.165) is 28.2 Å². The molecule has 0 saturated heterocycles. The summed E-state index contributed by atoms with van der Waals surface area (Å²) in [6, 6.07) is 103. The van der Waals surface area contributed by atoms with Gasteiger partial charge in [-0.2, -0.15) is 0 Å². The van der Waals surface area contributed by atoms with E-state index >= 15 is 0 Å². The Morgan fingerprint density at radius 1 is 0.149 bits per heavy atom. The smallest absolute Gasteiger partial charge is 0.0462 e. The van der Waals surface area contributed by atoms with Gasteiger partial charge in [-0.05, 0) is 162 Å². The molecule has 0 saturated carbocycles. The van der Waals surface area contributed by atoms with Crippen LogP contribution in [0.2, 0.25) is 0 Å². The molecule has 0 aliphatic rings. The molecule has 11 aromatic rings. The minimum absolute atomic E-state index is 1.08. The number of hydrogen-bond donors (Lipinski definition) is 0. The second-order valence-electron chi connectivity index (χ2n) is 16.9. The molecule has 1 nitrogen and oxygen atoms in total. The van der Waals surface area contributed by atoms with E-state index in [9.17, 15) is 0 Å². The molecule has 0 atom stereocenters. The van der Waals surface area contributed by atoms with E-state index in [0.29, 0.717) is 0 Å². The van der Waals surface area contributed by atoms with E-state index in [1.807, 2.05) is 0 Å². The van der Waals surface area contributed by atoms with Gasteiger partial charge in [-0.1, -0.05) is 212 Å². The van der Waals surface area contributed by atoms with Crippen LogP contribution in [-0.2, 0) is 0 Å². The molecule has 0 amide bonds. The Morgan fingerprint density at radius 2 is 0.343 bits per heavy atom. The first kappa shape index (κ1) is 41.0. The lowest BCUT2D eigenvalue weighted by atomic mass is 9.93. The van der Waals surface area contributed by atoms with Crippen molar-refractivity contribution in [2.75, 3.05) is 4.90 Å². The quantitative estimate of drug-likeness (QED) is 0.125. The monoisotopic (exact) mass is 853 g/mol. The molecule has 0 aliphatic heterocycles. The topological polar surface area (TPSA) is 3.24 Å². The zero-order chi connectivity index (χ0) is 44.8. The highest BCUT2D eigenvalue weighted by atomic mass is 15.1. The summed E-state index contributed by atoms with van der Waals surface area (Å²) in [6.07, 6.45) is 0. The van der Waals surface area contributed by atoms with Crippen molar-refractivity contribution < 1.29 is 0 Å². The van der Waals surface area contributed by atoms with Crippen LogP contribution in [0.1, 0.15) is 0 Å². The molecular weight excluding hydrogens is 807 g/mol. The van der Waals surface area contributed by atoms with Gasteiger partial charge < -0.3 is 4.90 Å². The SMILES string of the molecule is c1ccc(-c2cc(-c3ccccc3)cc(-c3ccc(N(c4ccc(-c5cc(-c6ccccc6)cc(-c6ccccc6)c5)cc4)c4ccc(-c5ccccc5-c5ccccc5)cc4)cc3)c2)cc1. The second-order valence-corrected chi connectivity index (χ2v) is 16.9. The van der Waals surface area contributed by atoms with E-state index in [-0.39, 0.29) is 0 Å². The van der Waals surface area contributed by atoms with E-state index in [4.69, 9.17) is 0 Å². The Kier molecular flexibility index (Phi) is 11.5. The van der Waals surface area contributed by atoms with Crippen molar-refractivity contribution in [2.45, 2.75) is 0 Å². The number of benzene rings is 11. The highest BCUT2D eigenvalue weighted by molar-refractivity contribution is 5.88. The number of anilines is 3. The van der Waals surface area contributed by atoms with Crippen molar-refractivity contribution >= 4 is 17.1 Å². The summed E-state index contributed by atoms with van der Waals surface area (Å²) < 4.78 is 0. The predicted octanol–water partition coefficient (Wildman–Crippen LogP) is 18.5. The molecule has 11 aromatic carbocycles. The summed E-state index contributed by atoms with van der Waals surface area (Å²) in [5, 5.41) is 0. The standard InChI is InChI=1S/C66H47N/c1-6-18-48(19-7-1)56-42-57(49-20-8-2-9-21-49)45-60(44-56)52-30-36-62(37-31-52)67(64-40-34-55(35-41-64)66-29-17-16-28-65(66)54-26-14-5-15-27-54)63-38-32-53(33-39-63)61-46-58(50-22-10-3-11-23-50)43-59(47-61)51-24-12-4-13-25-51/h1-47H. The van der Waals surface area contributed by atoms with Gasteiger partial charge in [0.15, 0.2) is 0 Å². The third-order valence-corrected chi connectivity index (χ3v) is 12.7. The van der Waals surface area contributed by atoms with Crippen LogP contribution in [0.5, 0.6) is 0 Å². The van der Waals surface area contributed by atoms with Gasteiger partial charge in [0.1, 0.15) is 0 Å². The molecule has 0 fully saturated rings. The van der Waals surface area contributed by atoms with Gasteiger partial charge in [-0.3, -0.25) is 0 Å². The molecular formula is C66H47N. The summed E-state index contributed by atoms with van der Waals surface area (Å²) in [7, 11) is 0. The van der Waals surface area contributed by atoms with Crippen LogP contribution in [0.4, 0.5) is 17.1 Å². The number of hydrogen-bond acceptors (Lipinski definition) is 1. The molecule has 11 rings (SSSR count). The first-order valence-corrected chi connectivity index (χ1v) is 23.0. The molecule has 1 heteroatoms. The van der Waals surface area contributed by atoms with Gasteiger partial charge in [0, 0.05) is 17.1 Å². The minimum Gasteiger partial charge on any atom is -0.311 e. The number of rotatable bonds is 11. The van der Waals surface area contributed by atoms with Crippen LogP contribution in [0.25, 0.3) is 89.0 Å². The summed E-state index contributed by atoms with van der Waals surface area (Å²) >= 11 is 0. The van der Waals surface area contributed by atoms with E-state index < -0.39 is 0 Å². The Bertz CT molecular complexity index is 3100. The highest BCUT2D eigenvalue weighted by Gasteiger charge is 2.16. The van der Waals surface area contributed by atoms with Crippen LogP contribution in [0.15, 0.2) is 285 Å². The van der Waals surface area contributed by atoms with Crippen LogP contribution >= 0.6 is 0 Å². The van der Waals surface area contributed by atoms with Gasteiger partial charge in [-0.25, -0.2) is 0 Å². The largest absolute Gasteiger partial charge is 0.311 e. The zero-order valence-corrected chi connectivity index (χ0v) is 37.1. The number of nitrogens with zero attached hydrogens (tertiary/aromatic N) is 1. The van der Waals surface area contributed by atoms with Crippen molar-refractivity contribution in [2.24, 2.45) is 0 Å². The maximum atomic E-state index is 2.37. The maximum absolute atomic E-state index is 2.37. The molecule has 67 heavy (non-hydrogen) atoms. The van der Waals surface area contributed by atoms with Gasteiger partial charge in [0.2, 0.25) is 0 Å². The molecule has 316 valence electrons. The Balaban J connectivity index is 0.994. The third-order valence-electron chi connectivity index (χ3n) is 12.7. The van der Waals surface area contributed by atoms with Crippen LogP contribution in [-0.4, -0.2) is 0 Å². The highest BCUT2D eigenvalue weighted by Crippen LogP contribution is 2.41. The molecule has 0 unspecified atom stereocenters. The van der Waals surface area contributed by atoms with Crippen molar-refractivity contribution in [1.82, 2.24) is 0 Å². The predicted molar refractivity (Wildman–Crippen MR) is 285 cm³/mol. The Labute approximate surface area is 394 Å². The van der Waals surface area contributed by atoms with Crippen molar-refractivity contribution in [3.05, 3.63) is 285 Å². The molecule has 0 aliphatic carbocycles. The van der Waals surface area contributed by atoms with E-state index in [2.05, 4.69) is 290 Å². The van der Waals surface area contributed by atoms with Gasteiger partial charge in [0.05, 0.1) is 0 Å². The molecule has 0 radical (unpaired) electrons. The Hall–Kier alpha value is -8.78. The molecule has 0 spiro atoms. The van der Waals surface area contributed by atoms with Gasteiger partial charge in [-0.15, -0.1) is 0 Å². The summed E-state index contributed by atoms with van der Waals surface area (Å²) in [5.74, 6) is 0. The van der Waals surface area contributed by atoms with Crippen LogP contribution in [0.3, 0.4) is 0 Å². The minimum atomic E-state index is 1.08. The van der Waals surface area contributed by atoms with Gasteiger partial charge in [0.25, 0.3) is 0 Å². The molecule has 0 bridgehead atoms. The second kappa shape index (κ2) is 18.7. The fourth-order valence-corrected chi connectivity index (χ4v) is 9.23. The lowest BCUT2D eigenvalue weighted by Gasteiger charge is -2.26. The van der Waals surface area contributed by atoms with Crippen LogP contribution in [0, 0.1) is 0 Å². The first-order valence-electron chi connectivity index (χ1n) is 23.0. The molecule has 0 heterocycles. The fourth-order valence-electron chi connectivity index (χ4n) is 9.23. The summed E-state index contributed by atoms with van der Waals surface area (Å²) in [6.45, 7) is 0. The third kappa shape index (κ3) is 8.87. The van der Waals surface area contributed by atoms with E-state index in [1.165, 1.54) is 77.9 Å². The summed E-state index contributed by atoms with van der Waals surface area (Å²) in [5.41, 5.74) is 22.3. The Morgan fingerprint density at radius 3 is 0.612 bits per heavy atom. The zero-order valence-electron chi connectivity index (χ0n) is 37.1. The van der Waals surface area contributed by atoms with Crippen molar-refractivity contribution in [1.29, 1.82) is 0 Å². The normalized spacial score (nSPS) is 11.0. The molecule has 0 aromatic heterocycles. The van der Waals surface area contributed by atoms with Crippen molar-refractivity contribution in [3.8, 4) is 89.0 Å². The lowest BCUT2D eigenvalue weighted by Crippen LogP contribution is -2.09.